The Morgan fingerprint density at radius 1 is 1.44 bits per heavy atom. The summed E-state index contributed by atoms with van der Waals surface area (Å²) < 4.78 is 0. The average molecular weight is 232 g/mol. The number of para-hydroxylation sites is 1. The normalized spacial score (nSPS) is 18.1. The second-order valence-electron chi connectivity index (χ2n) is 3.31. The van der Waals surface area contributed by atoms with E-state index in [4.69, 9.17) is 0 Å². The third kappa shape index (κ3) is 2.33. The minimum absolute atomic E-state index is 0.0968. The Morgan fingerprint density at radius 3 is 2.88 bits per heavy atom. The summed E-state index contributed by atoms with van der Waals surface area (Å²) in [6.07, 6.45) is 1.71. The number of rotatable bonds is 3. The van der Waals surface area contributed by atoms with Crippen LogP contribution in [-0.2, 0) is 4.79 Å². The van der Waals surface area contributed by atoms with Gasteiger partial charge in [-0.1, -0.05) is 36.0 Å². The predicted octanol–water partition coefficient (Wildman–Crippen LogP) is 2.44. The molecule has 1 aliphatic rings. The number of amidine groups is 1. The van der Waals surface area contributed by atoms with Crippen LogP contribution in [0.15, 0.2) is 48.0 Å². The van der Waals surface area contributed by atoms with Gasteiger partial charge in [-0.2, -0.15) is 0 Å². The largest absolute Gasteiger partial charge is 0.287 e. The lowest BCUT2D eigenvalue weighted by Gasteiger charge is -2.12. The van der Waals surface area contributed by atoms with Crippen LogP contribution in [0.4, 0.5) is 5.69 Å². The van der Waals surface area contributed by atoms with Crippen molar-refractivity contribution in [3.8, 4) is 0 Å². The maximum Gasteiger partial charge on any atom is 0.239 e. The monoisotopic (exact) mass is 232 g/mol. The zero-order valence-corrected chi connectivity index (χ0v) is 9.61. The van der Waals surface area contributed by atoms with Crippen LogP contribution in [0.5, 0.6) is 0 Å². The van der Waals surface area contributed by atoms with Crippen LogP contribution >= 0.6 is 11.8 Å². The first-order chi connectivity index (χ1) is 7.81. The van der Waals surface area contributed by atoms with E-state index in [2.05, 4.69) is 11.6 Å². The minimum atomic E-state index is 0.0968. The second-order valence-corrected chi connectivity index (χ2v) is 4.25. The van der Waals surface area contributed by atoms with Crippen LogP contribution in [0, 0.1) is 0 Å². The summed E-state index contributed by atoms with van der Waals surface area (Å²) >= 11 is 1.47. The van der Waals surface area contributed by atoms with Crippen LogP contribution in [0.2, 0.25) is 0 Å². The number of benzene rings is 1. The molecule has 4 heteroatoms. The molecule has 0 spiro atoms. The second kappa shape index (κ2) is 4.99. The molecule has 0 N–H and O–H groups in total. The van der Waals surface area contributed by atoms with Crippen molar-refractivity contribution >= 4 is 28.5 Å². The van der Waals surface area contributed by atoms with Gasteiger partial charge in [-0.25, -0.2) is 4.99 Å². The van der Waals surface area contributed by atoms with Crippen LogP contribution in [0.3, 0.4) is 0 Å². The molecule has 2 rings (SSSR count). The first-order valence-corrected chi connectivity index (χ1v) is 5.97. The maximum absolute atomic E-state index is 11.5. The molecule has 1 heterocycles. The fourth-order valence-electron chi connectivity index (χ4n) is 1.40. The van der Waals surface area contributed by atoms with Crippen molar-refractivity contribution < 1.29 is 4.79 Å². The van der Waals surface area contributed by atoms with Gasteiger partial charge in [0, 0.05) is 6.54 Å². The zero-order valence-electron chi connectivity index (χ0n) is 8.80. The van der Waals surface area contributed by atoms with Gasteiger partial charge in [0.2, 0.25) is 5.91 Å². The van der Waals surface area contributed by atoms with E-state index >= 15 is 0 Å². The van der Waals surface area contributed by atoms with E-state index in [1.807, 2.05) is 30.3 Å². The fourth-order valence-corrected chi connectivity index (χ4v) is 2.31. The molecule has 0 atom stereocenters. The van der Waals surface area contributed by atoms with Crippen molar-refractivity contribution in [2.45, 2.75) is 0 Å². The number of hydrogen-bond acceptors (Lipinski definition) is 3. The molecule has 3 nitrogen and oxygen atoms in total. The van der Waals surface area contributed by atoms with E-state index in [1.54, 1.807) is 11.0 Å². The quantitative estimate of drug-likeness (QED) is 0.750. The molecule has 82 valence electrons. The zero-order chi connectivity index (χ0) is 11.4. The smallest absolute Gasteiger partial charge is 0.239 e. The lowest BCUT2D eigenvalue weighted by molar-refractivity contribution is -0.123. The molecule has 1 aromatic carbocycles. The molecule has 0 aromatic heterocycles. The van der Waals surface area contributed by atoms with Crippen molar-refractivity contribution in [1.29, 1.82) is 0 Å². The van der Waals surface area contributed by atoms with E-state index in [9.17, 15) is 4.79 Å². The van der Waals surface area contributed by atoms with Crippen LogP contribution < -0.4 is 0 Å². The molecule has 0 aliphatic carbocycles. The molecule has 1 saturated heterocycles. The number of carbonyl (C=O) groups is 1. The van der Waals surface area contributed by atoms with Crippen LogP contribution in [0.25, 0.3) is 0 Å². The van der Waals surface area contributed by atoms with Crippen molar-refractivity contribution in [3.63, 3.8) is 0 Å². The number of amides is 1. The van der Waals surface area contributed by atoms with Crippen LogP contribution in [-0.4, -0.2) is 28.3 Å². The first-order valence-electron chi connectivity index (χ1n) is 4.99. The van der Waals surface area contributed by atoms with Gasteiger partial charge < -0.3 is 0 Å². The summed E-state index contributed by atoms with van der Waals surface area (Å²) in [4.78, 5) is 17.6. The molecule has 1 aromatic rings. The summed E-state index contributed by atoms with van der Waals surface area (Å²) in [7, 11) is 0. The Bertz CT molecular complexity index is 428. The van der Waals surface area contributed by atoms with Gasteiger partial charge in [-0.05, 0) is 12.1 Å². The molecular weight excluding hydrogens is 220 g/mol. The van der Waals surface area contributed by atoms with Gasteiger partial charge in [0.15, 0.2) is 5.17 Å². The summed E-state index contributed by atoms with van der Waals surface area (Å²) in [6.45, 7) is 4.17. The average Bonchev–Trinajstić information content (AvgIpc) is 2.64. The highest BCUT2D eigenvalue weighted by molar-refractivity contribution is 8.15. The molecule has 1 fully saturated rings. The molecule has 0 bridgehead atoms. The molecule has 0 unspecified atom stereocenters. The van der Waals surface area contributed by atoms with Gasteiger partial charge in [0.25, 0.3) is 0 Å². The highest BCUT2D eigenvalue weighted by atomic mass is 32.2. The van der Waals surface area contributed by atoms with E-state index in [0.717, 1.165) is 10.9 Å². The summed E-state index contributed by atoms with van der Waals surface area (Å²) in [5, 5.41) is 0.760. The Morgan fingerprint density at radius 2 is 2.19 bits per heavy atom. The van der Waals surface area contributed by atoms with Crippen molar-refractivity contribution in [3.05, 3.63) is 43.0 Å². The summed E-state index contributed by atoms with van der Waals surface area (Å²) in [5.41, 5.74) is 0.869. The topological polar surface area (TPSA) is 32.7 Å². The summed E-state index contributed by atoms with van der Waals surface area (Å²) in [5.74, 6) is 0.569. The van der Waals surface area contributed by atoms with Crippen LogP contribution in [0.1, 0.15) is 0 Å². The number of nitrogens with zero attached hydrogens (tertiary/aromatic N) is 2. The molecule has 0 saturated carbocycles. The highest BCUT2D eigenvalue weighted by Gasteiger charge is 2.26. The van der Waals surface area contributed by atoms with E-state index in [0.29, 0.717) is 12.3 Å². The standard InChI is InChI=1S/C12H12N2OS/c1-2-8-14-11(15)9-16-12(14)13-10-6-4-3-5-7-10/h2-7H,1,8-9H2/b13-12-. The van der Waals surface area contributed by atoms with Crippen molar-refractivity contribution in [1.82, 2.24) is 4.90 Å². The Hall–Kier alpha value is -1.55. The molecule has 0 radical (unpaired) electrons. The molecule has 1 aliphatic heterocycles. The molecule has 1 amide bonds. The van der Waals surface area contributed by atoms with Gasteiger partial charge >= 0.3 is 0 Å². The third-order valence-corrected chi connectivity index (χ3v) is 3.11. The van der Waals surface area contributed by atoms with Crippen molar-refractivity contribution in [2.75, 3.05) is 12.3 Å². The number of carbonyl (C=O) groups excluding carboxylic acids is 1. The Balaban J connectivity index is 2.23. The molecule has 16 heavy (non-hydrogen) atoms. The Kier molecular flexibility index (Phi) is 3.41. The first kappa shape index (κ1) is 11.0. The molecular formula is C12H12N2OS. The summed E-state index contributed by atoms with van der Waals surface area (Å²) in [6, 6.07) is 9.64. The lowest BCUT2D eigenvalue weighted by atomic mass is 10.3. The number of aliphatic imine (C=N–C) groups is 1. The number of hydrogen-bond donors (Lipinski definition) is 0. The fraction of sp³-hybridized carbons (Fsp3) is 0.167. The van der Waals surface area contributed by atoms with Gasteiger partial charge in [0.05, 0.1) is 11.4 Å². The van der Waals surface area contributed by atoms with Crippen molar-refractivity contribution in [2.24, 2.45) is 4.99 Å². The Labute approximate surface area is 98.9 Å². The minimum Gasteiger partial charge on any atom is -0.287 e. The third-order valence-electron chi connectivity index (χ3n) is 2.15. The lowest BCUT2D eigenvalue weighted by Crippen LogP contribution is -2.29. The van der Waals surface area contributed by atoms with E-state index in [1.165, 1.54) is 11.8 Å². The predicted molar refractivity (Wildman–Crippen MR) is 67.9 cm³/mol. The highest BCUT2D eigenvalue weighted by Crippen LogP contribution is 2.23. The van der Waals surface area contributed by atoms with E-state index in [-0.39, 0.29) is 5.91 Å². The van der Waals surface area contributed by atoms with Gasteiger partial charge in [-0.15, -0.1) is 6.58 Å². The maximum atomic E-state index is 11.5. The SMILES string of the molecule is C=CCN1C(=O)CS/C1=N\c1ccccc1. The number of thioether (sulfide) groups is 1. The van der Waals surface area contributed by atoms with Gasteiger partial charge in [-0.3, -0.25) is 9.69 Å². The van der Waals surface area contributed by atoms with E-state index < -0.39 is 0 Å². The van der Waals surface area contributed by atoms with Gasteiger partial charge in [0.1, 0.15) is 0 Å².